The molecule has 0 saturated carbocycles. The van der Waals surface area contributed by atoms with Crippen LogP contribution in [0.15, 0.2) is 38.2 Å². The minimum atomic E-state index is -0.486. The summed E-state index contributed by atoms with van der Waals surface area (Å²) in [5.74, 6) is 0. The first-order chi connectivity index (χ1) is 6.75. The van der Waals surface area contributed by atoms with E-state index in [0.29, 0.717) is 11.1 Å². The maximum absolute atomic E-state index is 9.83. The molecule has 1 N–H and O–H groups in total. The molecule has 0 fully saturated rings. The molecule has 0 radical (unpaired) electrons. The van der Waals surface area contributed by atoms with Gasteiger partial charge in [0.2, 0.25) is 0 Å². The van der Waals surface area contributed by atoms with Crippen LogP contribution in [0.2, 0.25) is 0 Å². The molecule has 2 rings (SSSR count). The molecule has 0 bridgehead atoms. The number of hydrogen-bond acceptors (Lipinski definition) is 3. The first-order valence-electron chi connectivity index (χ1n) is 4.19. The molecule has 0 amide bonds. The fourth-order valence-electron chi connectivity index (χ4n) is 1.25. The quantitative estimate of drug-likeness (QED) is 0.930. The topological polar surface area (TPSA) is 33.4 Å². The maximum Gasteiger partial charge on any atom is 0.169 e. The number of hydrogen-bond donors (Lipinski definition) is 1. The van der Waals surface area contributed by atoms with E-state index in [1.54, 1.807) is 23.7 Å². The van der Waals surface area contributed by atoms with Gasteiger partial charge in [-0.1, -0.05) is 0 Å². The summed E-state index contributed by atoms with van der Waals surface area (Å²) in [4.78, 5) is 0. The third-order valence-electron chi connectivity index (χ3n) is 1.98. The maximum atomic E-state index is 9.83. The minimum Gasteiger partial charge on any atom is -0.457 e. The molecule has 0 saturated heterocycles. The van der Waals surface area contributed by atoms with Crippen molar-refractivity contribution in [3.8, 4) is 0 Å². The average Bonchev–Trinajstić information content (AvgIpc) is 2.75. The van der Waals surface area contributed by atoms with Crippen LogP contribution in [0.5, 0.6) is 0 Å². The lowest BCUT2D eigenvalue weighted by atomic mass is 10.1. The Morgan fingerprint density at radius 3 is 3.00 bits per heavy atom. The van der Waals surface area contributed by atoms with Crippen LogP contribution in [-0.4, -0.2) is 5.11 Å². The van der Waals surface area contributed by atoms with Gasteiger partial charge in [0, 0.05) is 12.0 Å². The molecular weight excluding hydrogens is 264 g/mol. The first-order valence-corrected chi connectivity index (χ1v) is 5.92. The van der Waals surface area contributed by atoms with E-state index in [9.17, 15) is 5.11 Å². The smallest absolute Gasteiger partial charge is 0.169 e. The second-order valence-corrected chi connectivity index (χ2v) is 4.60. The van der Waals surface area contributed by atoms with Gasteiger partial charge in [-0.25, -0.2) is 0 Å². The summed E-state index contributed by atoms with van der Waals surface area (Å²) in [6.07, 6.45) is 1.72. The summed E-state index contributed by atoms with van der Waals surface area (Å²) in [5.41, 5.74) is 1.96. The van der Waals surface area contributed by atoms with Crippen molar-refractivity contribution >= 4 is 27.3 Å². The van der Waals surface area contributed by atoms with Gasteiger partial charge in [-0.05, 0) is 44.4 Å². The van der Waals surface area contributed by atoms with Crippen LogP contribution in [0.4, 0.5) is 0 Å². The number of halogens is 1. The summed E-state index contributed by atoms with van der Waals surface area (Å²) >= 11 is 4.84. The van der Waals surface area contributed by atoms with E-state index in [0.717, 1.165) is 11.1 Å². The first kappa shape index (κ1) is 9.96. The molecule has 14 heavy (non-hydrogen) atoms. The van der Waals surface area contributed by atoms with Crippen molar-refractivity contribution in [2.24, 2.45) is 0 Å². The van der Waals surface area contributed by atoms with Crippen LogP contribution in [0, 0.1) is 0 Å². The number of aliphatic hydroxyl groups is 1. The van der Waals surface area contributed by atoms with Crippen LogP contribution in [0.25, 0.3) is 0 Å². The number of thiophene rings is 1. The van der Waals surface area contributed by atoms with Gasteiger partial charge in [-0.3, -0.25) is 0 Å². The van der Waals surface area contributed by atoms with Gasteiger partial charge >= 0.3 is 0 Å². The van der Waals surface area contributed by atoms with Crippen molar-refractivity contribution in [2.45, 2.75) is 12.5 Å². The highest BCUT2D eigenvalue weighted by Gasteiger charge is 2.11. The zero-order valence-electron chi connectivity index (χ0n) is 7.31. The van der Waals surface area contributed by atoms with E-state index in [4.69, 9.17) is 4.42 Å². The lowest BCUT2D eigenvalue weighted by Crippen LogP contribution is -1.98. The molecule has 4 heteroatoms. The summed E-state index contributed by atoms with van der Waals surface area (Å²) in [6, 6.07) is 3.81. The molecule has 0 aliphatic carbocycles. The van der Waals surface area contributed by atoms with Crippen molar-refractivity contribution in [2.75, 3.05) is 0 Å². The van der Waals surface area contributed by atoms with Crippen LogP contribution in [0.1, 0.15) is 17.2 Å². The fraction of sp³-hybridized carbons (Fsp3) is 0.200. The van der Waals surface area contributed by atoms with Crippen molar-refractivity contribution in [1.29, 1.82) is 0 Å². The van der Waals surface area contributed by atoms with Gasteiger partial charge < -0.3 is 9.52 Å². The summed E-state index contributed by atoms with van der Waals surface area (Å²) in [5, 5.41) is 13.9. The lowest BCUT2D eigenvalue weighted by Gasteiger charge is -2.05. The summed E-state index contributed by atoms with van der Waals surface area (Å²) < 4.78 is 5.71. The molecule has 0 spiro atoms. The number of furan rings is 1. The molecule has 0 aliphatic rings. The van der Waals surface area contributed by atoms with E-state index in [1.165, 1.54) is 0 Å². The van der Waals surface area contributed by atoms with Crippen LogP contribution >= 0.6 is 27.3 Å². The zero-order valence-corrected chi connectivity index (χ0v) is 9.72. The number of aliphatic hydroxyl groups excluding tert-OH is 1. The Kier molecular flexibility index (Phi) is 3.05. The SMILES string of the molecule is OC(Cc1ccsc1)c1coc(Br)c1. The predicted molar refractivity (Wildman–Crippen MR) is 59.4 cm³/mol. The normalized spacial score (nSPS) is 13.0. The van der Waals surface area contributed by atoms with Gasteiger partial charge in [0.05, 0.1) is 12.4 Å². The highest BCUT2D eigenvalue weighted by molar-refractivity contribution is 9.10. The minimum absolute atomic E-state index is 0.486. The highest BCUT2D eigenvalue weighted by atomic mass is 79.9. The molecular formula is C10H9BrO2S. The second kappa shape index (κ2) is 4.29. The van der Waals surface area contributed by atoms with Gasteiger partial charge in [0.15, 0.2) is 4.67 Å². The van der Waals surface area contributed by atoms with Crippen LogP contribution < -0.4 is 0 Å². The van der Waals surface area contributed by atoms with Crippen molar-refractivity contribution in [1.82, 2.24) is 0 Å². The molecule has 0 aromatic carbocycles. The highest BCUT2D eigenvalue weighted by Crippen LogP contribution is 2.23. The van der Waals surface area contributed by atoms with E-state index < -0.39 is 6.10 Å². The Labute approximate surface area is 94.3 Å². The molecule has 2 nitrogen and oxygen atoms in total. The van der Waals surface area contributed by atoms with Crippen LogP contribution in [0.3, 0.4) is 0 Å². The molecule has 1 unspecified atom stereocenters. The van der Waals surface area contributed by atoms with Gasteiger partial charge in [-0.15, -0.1) is 0 Å². The predicted octanol–water partition coefficient (Wildman–Crippen LogP) is 3.38. The van der Waals surface area contributed by atoms with Crippen molar-refractivity contribution in [3.63, 3.8) is 0 Å². The van der Waals surface area contributed by atoms with Gasteiger partial charge in [-0.2, -0.15) is 11.3 Å². The molecule has 2 aromatic heterocycles. The van der Waals surface area contributed by atoms with Crippen molar-refractivity contribution < 1.29 is 9.52 Å². The van der Waals surface area contributed by atoms with Gasteiger partial charge in [0.1, 0.15) is 0 Å². The zero-order chi connectivity index (χ0) is 9.97. The molecule has 0 aliphatic heterocycles. The lowest BCUT2D eigenvalue weighted by molar-refractivity contribution is 0.177. The van der Waals surface area contributed by atoms with Gasteiger partial charge in [0.25, 0.3) is 0 Å². The largest absolute Gasteiger partial charge is 0.457 e. The Balaban J connectivity index is 2.06. The standard InChI is InChI=1S/C10H9BrO2S/c11-10-4-8(5-13-10)9(12)3-7-1-2-14-6-7/h1-2,4-6,9,12H,3H2. The Morgan fingerprint density at radius 2 is 2.43 bits per heavy atom. The Bertz CT molecular complexity index is 394. The fourth-order valence-corrected chi connectivity index (χ4v) is 2.29. The molecule has 2 aromatic rings. The van der Waals surface area contributed by atoms with E-state index in [2.05, 4.69) is 15.9 Å². The third kappa shape index (κ3) is 2.26. The molecule has 1 atom stereocenters. The van der Waals surface area contributed by atoms with Crippen molar-refractivity contribution in [3.05, 3.63) is 45.0 Å². The number of rotatable bonds is 3. The molecule has 2 heterocycles. The van der Waals surface area contributed by atoms with Crippen LogP contribution in [-0.2, 0) is 6.42 Å². The Morgan fingerprint density at radius 1 is 1.57 bits per heavy atom. The monoisotopic (exact) mass is 272 g/mol. The average molecular weight is 273 g/mol. The van der Waals surface area contributed by atoms with E-state index in [1.807, 2.05) is 16.8 Å². The summed E-state index contributed by atoms with van der Waals surface area (Å²) in [6.45, 7) is 0. The second-order valence-electron chi connectivity index (χ2n) is 3.04. The third-order valence-corrected chi connectivity index (χ3v) is 3.13. The summed E-state index contributed by atoms with van der Waals surface area (Å²) in [7, 11) is 0. The van der Waals surface area contributed by atoms with E-state index in [-0.39, 0.29) is 0 Å². The Hall–Kier alpha value is -0.580. The molecule has 74 valence electrons. The van der Waals surface area contributed by atoms with E-state index >= 15 is 0 Å².